The molecule has 0 aliphatic carbocycles. The molecule has 1 rings (SSSR count). The molecule has 0 aromatic heterocycles. The largest absolute Gasteiger partial charge is 0.480 e. The van der Waals surface area contributed by atoms with Crippen LogP contribution in [0.1, 0.15) is 19.8 Å². The number of likely N-dealkylation sites (tertiary alicyclic amines) is 1. The molecule has 11 heteroatoms. The molecule has 4 unspecified atom stereocenters. The summed E-state index contributed by atoms with van der Waals surface area (Å²) in [6.45, 7) is 0.359. The van der Waals surface area contributed by atoms with E-state index in [1.807, 2.05) is 0 Å². The summed E-state index contributed by atoms with van der Waals surface area (Å²) in [6.07, 6.45) is 0.879. The van der Waals surface area contributed by atoms with Crippen molar-refractivity contribution in [1.82, 2.24) is 15.5 Å². The van der Waals surface area contributed by atoms with Crippen molar-refractivity contribution in [2.45, 2.75) is 43.9 Å². The van der Waals surface area contributed by atoms with Crippen molar-refractivity contribution in [3.05, 3.63) is 0 Å². The number of carbonyl (C=O) groups is 4. The fourth-order valence-corrected chi connectivity index (χ4v) is 2.47. The van der Waals surface area contributed by atoms with E-state index in [2.05, 4.69) is 10.6 Å². The van der Waals surface area contributed by atoms with Crippen molar-refractivity contribution in [2.24, 2.45) is 5.73 Å². The standard InChI is InChI=1S/C14H24N4O7/c1-7(16-11(21)8(15)5-19)13(23)18-4-2-3-10(18)12(22)17-9(6-20)14(24)25/h7-10,19-20H,2-6,15H2,1H3,(H,16,21)(H,17,22)(H,24,25). The first kappa shape index (κ1) is 20.8. The smallest absolute Gasteiger partial charge is 0.328 e. The highest BCUT2D eigenvalue weighted by Crippen LogP contribution is 2.18. The molecular weight excluding hydrogens is 336 g/mol. The lowest BCUT2D eigenvalue weighted by molar-refractivity contribution is -0.145. The molecular formula is C14H24N4O7. The Hall–Kier alpha value is -2.24. The Labute approximate surface area is 144 Å². The van der Waals surface area contributed by atoms with E-state index >= 15 is 0 Å². The number of hydrogen-bond acceptors (Lipinski definition) is 7. The third-order valence-corrected chi connectivity index (χ3v) is 3.90. The fourth-order valence-electron chi connectivity index (χ4n) is 2.47. The number of rotatable bonds is 8. The maximum absolute atomic E-state index is 12.5. The van der Waals surface area contributed by atoms with Gasteiger partial charge in [-0.15, -0.1) is 0 Å². The molecule has 0 bridgehead atoms. The van der Waals surface area contributed by atoms with Crippen molar-refractivity contribution >= 4 is 23.7 Å². The Morgan fingerprint density at radius 2 is 1.84 bits per heavy atom. The first-order valence-electron chi connectivity index (χ1n) is 7.84. The van der Waals surface area contributed by atoms with Crippen LogP contribution in [0.3, 0.4) is 0 Å². The average molecular weight is 360 g/mol. The van der Waals surface area contributed by atoms with Gasteiger partial charge in [0.1, 0.15) is 24.2 Å². The average Bonchev–Trinajstić information content (AvgIpc) is 3.07. The molecule has 0 aromatic carbocycles. The van der Waals surface area contributed by atoms with Crippen LogP contribution in [-0.2, 0) is 19.2 Å². The zero-order valence-electron chi connectivity index (χ0n) is 13.8. The molecule has 1 aliphatic rings. The summed E-state index contributed by atoms with van der Waals surface area (Å²) in [6, 6.07) is -4.46. The maximum Gasteiger partial charge on any atom is 0.328 e. The maximum atomic E-state index is 12.5. The molecule has 25 heavy (non-hydrogen) atoms. The van der Waals surface area contributed by atoms with Gasteiger partial charge in [-0.25, -0.2) is 4.79 Å². The van der Waals surface area contributed by atoms with Gasteiger partial charge in [0.25, 0.3) is 0 Å². The monoisotopic (exact) mass is 360 g/mol. The third-order valence-electron chi connectivity index (χ3n) is 3.90. The van der Waals surface area contributed by atoms with Gasteiger partial charge < -0.3 is 36.6 Å². The van der Waals surface area contributed by atoms with Crippen LogP contribution in [-0.4, -0.2) is 87.8 Å². The van der Waals surface area contributed by atoms with Crippen LogP contribution in [0.4, 0.5) is 0 Å². The molecule has 142 valence electrons. The minimum atomic E-state index is -1.45. The van der Waals surface area contributed by atoms with E-state index < -0.39 is 61.1 Å². The first-order valence-corrected chi connectivity index (χ1v) is 7.84. The summed E-state index contributed by atoms with van der Waals surface area (Å²) < 4.78 is 0. The van der Waals surface area contributed by atoms with Gasteiger partial charge >= 0.3 is 5.97 Å². The minimum Gasteiger partial charge on any atom is -0.480 e. The number of carboxylic acid groups (broad SMARTS) is 1. The van der Waals surface area contributed by atoms with E-state index in [1.54, 1.807) is 0 Å². The number of hydrogen-bond donors (Lipinski definition) is 6. The predicted molar refractivity (Wildman–Crippen MR) is 84.1 cm³/mol. The number of nitrogens with two attached hydrogens (primary N) is 1. The topological polar surface area (TPSA) is 182 Å². The van der Waals surface area contributed by atoms with Crippen LogP contribution in [0.15, 0.2) is 0 Å². The third kappa shape index (κ3) is 5.37. The number of carbonyl (C=O) groups excluding carboxylic acids is 3. The highest BCUT2D eigenvalue weighted by molar-refractivity contribution is 5.94. The highest BCUT2D eigenvalue weighted by atomic mass is 16.4. The van der Waals surface area contributed by atoms with Crippen molar-refractivity contribution in [3.63, 3.8) is 0 Å². The van der Waals surface area contributed by atoms with Crippen molar-refractivity contribution in [2.75, 3.05) is 19.8 Å². The number of nitrogens with zero attached hydrogens (tertiary/aromatic N) is 1. The quantitative estimate of drug-likeness (QED) is 0.256. The summed E-state index contributed by atoms with van der Waals surface area (Å²) in [5, 5.41) is 31.2. The van der Waals surface area contributed by atoms with Crippen LogP contribution >= 0.6 is 0 Å². The van der Waals surface area contributed by atoms with Crippen LogP contribution in [0.25, 0.3) is 0 Å². The van der Waals surface area contributed by atoms with Gasteiger partial charge in [-0.3, -0.25) is 14.4 Å². The number of nitrogens with one attached hydrogen (secondary N) is 2. The fraction of sp³-hybridized carbons (Fsp3) is 0.714. The molecule has 1 aliphatic heterocycles. The zero-order chi connectivity index (χ0) is 19.1. The molecule has 0 spiro atoms. The molecule has 0 radical (unpaired) electrons. The van der Waals surface area contributed by atoms with Crippen molar-refractivity contribution in [3.8, 4) is 0 Å². The lowest BCUT2D eigenvalue weighted by Gasteiger charge is -2.28. The SMILES string of the molecule is CC(NC(=O)C(N)CO)C(=O)N1CCCC1C(=O)NC(CO)C(=O)O. The summed E-state index contributed by atoms with van der Waals surface area (Å²) in [5.41, 5.74) is 5.36. The van der Waals surface area contributed by atoms with Crippen molar-refractivity contribution < 1.29 is 34.5 Å². The van der Waals surface area contributed by atoms with Gasteiger partial charge in [-0.05, 0) is 19.8 Å². The van der Waals surface area contributed by atoms with Gasteiger partial charge in [0.2, 0.25) is 17.7 Å². The normalized spacial score (nSPS) is 20.5. The Kier molecular flexibility index (Phi) is 7.74. The molecule has 1 heterocycles. The van der Waals surface area contributed by atoms with Crippen LogP contribution in [0.5, 0.6) is 0 Å². The lowest BCUT2D eigenvalue weighted by Crippen LogP contribution is -2.56. The van der Waals surface area contributed by atoms with Gasteiger partial charge in [0.05, 0.1) is 13.2 Å². The second-order valence-electron chi connectivity index (χ2n) is 5.79. The van der Waals surface area contributed by atoms with Crippen LogP contribution in [0.2, 0.25) is 0 Å². The second kappa shape index (κ2) is 9.30. The van der Waals surface area contributed by atoms with E-state index in [0.29, 0.717) is 12.8 Å². The first-order chi connectivity index (χ1) is 11.7. The summed E-state index contributed by atoms with van der Waals surface area (Å²) >= 11 is 0. The van der Waals surface area contributed by atoms with Gasteiger partial charge in [-0.1, -0.05) is 0 Å². The number of aliphatic carboxylic acids is 1. The number of aliphatic hydroxyl groups is 2. The zero-order valence-corrected chi connectivity index (χ0v) is 13.8. The Balaban J connectivity index is 2.72. The summed E-state index contributed by atoms with van der Waals surface area (Å²) in [7, 11) is 0. The second-order valence-corrected chi connectivity index (χ2v) is 5.79. The van der Waals surface area contributed by atoms with E-state index in [1.165, 1.54) is 11.8 Å². The molecule has 11 nitrogen and oxygen atoms in total. The van der Waals surface area contributed by atoms with Gasteiger partial charge in [0, 0.05) is 6.54 Å². The Morgan fingerprint density at radius 3 is 2.36 bits per heavy atom. The van der Waals surface area contributed by atoms with Crippen molar-refractivity contribution in [1.29, 1.82) is 0 Å². The molecule has 7 N–H and O–H groups in total. The van der Waals surface area contributed by atoms with E-state index in [0.717, 1.165) is 0 Å². The molecule has 1 saturated heterocycles. The molecule has 4 atom stereocenters. The molecule has 0 aromatic rings. The Morgan fingerprint density at radius 1 is 1.20 bits per heavy atom. The summed E-state index contributed by atoms with van der Waals surface area (Å²) in [5.74, 6) is -3.29. The van der Waals surface area contributed by atoms with E-state index in [4.69, 9.17) is 21.1 Å². The van der Waals surface area contributed by atoms with Crippen LogP contribution in [0, 0.1) is 0 Å². The van der Waals surface area contributed by atoms with Gasteiger partial charge in [-0.2, -0.15) is 0 Å². The molecule has 0 saturated carbocycles. The van der Waals surface area contributed by atoms with E-state index in [9.17, 15) is 19.2 Å². The number of carboxylic acids is 1. The number of aliphatic hydroxyl groups excluding tert-OH is 2. The highest BCUT2D eigenvalue weighted by Gasteiger charge is 2.37. The number of amides is 3. The minimum absolute atomic E-state index is 0.278. The van der Waals surface area contributed by atoms with Crippen LogP contribution < -0.4 is 16.4 Å². The molecule has 3 amide bonds. The molecule has 1 fully saturated rings. The van der Waals surface area contributed by atoms with E-state index in [-0.39, 0.29) is 6.54 Å². The predicted octanol–water partition coefficient (Wildman–Crippen LogP) is -3.64. The Bertz CT molecular complexity index is 527. The summed E-state index contributed by atoms with van der Waals surface area (Å²) in [4.78, 5) is 48.4. The van der Waals surface area contributed by atoms with Gasteiger partial charge in [0.15, 0.2) is 0 Å². The lowest BCUT2D eigenvalue weighted by atomic mass is 10.1.